The molecule has 5 heteroatoms. The van der Waals surface area contributed by atoms with Gasteiger partial charge in [0.05, 0.1) is 5.92 Å². The minimum Gasteiger partial charge on any atom is -0.455 e. The first kappa shape index (κ1) is 19.4. The highest BCUT2D eigenvalue weighted by atomic mass is 16.5. The van der Waals surface area contributed by atoms with E-state index in [0.717, 1.165) is 12.0 Å². The molecule has 0 fully saturated rings. The minimum absolute atomic E-state index is 0.0684. The van der Waals surface area contributed by atoms with E-state index in [1.807, 2.05) is 44.2 Å². The van der Waals surface area contributed by atoms with Crippen molar-refractivity contribution in [3.8, 4) is 0 Å². The van der Waals surface area contributed by atoms with Crippen LogP contribution < -0.4 is 5.32 Å². The largest absolute Gasteiger partial charge is 0.455 e. The van der Waals surface area contributed by atoms with Crippen molar-refractivity contribution >= 4 is 17.8 Å². The average molecular weight is 353 g/mol. The molecule has 2 aromatic rings. The van der Waals surface area contributed by atoms with Gasteiger partial charge in [-0.05, 0) is 23.6 Å². The maximum Gasteiger partial charge on any atom is 0.314 e. The Kier molecular flexibility index (Phi) is 7.09. The molecular formula is C21H23NO4. The zero-order valence-corrected chi connectivity index (χ0v) is 15.0. The number of rotatable bonds is 7. The first-order valence-electron chi connectivity index (χ1n) is 8.63. The fourth-order valence-electron chi connectivity index (χ4n) is 2.64. The predicted molar refractivity (Wildman–Crippen MR) is 98.5 cm³/mol. The molecular weight excluding hydrogens is 330 g/mol. The number of hydrogen-bond acceptors (Lipinski definition) is 4. The molecule has 0 aromatic heterocycles. The normalized spacial score (nSPS) is 12.7. The van der Waals surface area contributed by atoms with Crippen molar-refractivity contribution < 1.29 is 19.1 Å². The minimum atomic E-state index is -0.650. The number of nitrogens with one attached hydrogen (secondary N) is 1. The maximum absolute atomic E-state index is 12.5. The molecule has 136 valence electrons. The zero-order chi connectivity index (χ0) is 18.9. The third kappa shape index (κ3) is 5.28. The Morgan fingerprint density at radius 1 is 0.962 bits per heavy atom. The number of benzene rings is 2. The molecule has 0 aliphatic heterocycles. The number of imide groups is 1. The van der Waals surface area contributed by atoms with Crippen molar-refractivity contribution in [3.63, 3.8) is 0 Å². The number of hydrogen-bond donors (Lipinski definition) is 1. The Labute approximate surface area is 153 Å². The lowest BCUT2D eigenvalue weighted by Gasteiger charge is -2.21. The molecule has 2 atom stereocenters. The third-order valence-electron chi connectivity index (χ3n) is 4.26. The van der Waals surface area contributed by atoms with Gasteiger partial charge in [-0.15, -0.1) is 0 Å². The molecule has 26 heavy (non-hydrogen) atoms. The number of ether oxygens (including phenoxy) is 1. The number of carbonyl (C=O) groups excluding carboxylic acids is 3. The first-order valence-corrected chi connectivity index (χ1v) is 8.63. The summed E-state index contributed by atoms with van der Waals surface area (Å²) < 4.78 is 5.18. The summed E-state index contributed by atoms with van der Waals surface area (Å²) in [6.07, 6.45) is 0.799. The van der Waals surface area contributed by atoms with Crippen LogP contribution in [0.1, 0.15) is 42.1 Å². The first-order chi connectivity index (χ1) is 12.5. The van der Waals surface area contributed by atoms with Gasteiger partial charge in [-0.25, -0.2) is 0 Å². The van der Waals surface area contributed by atoms with Gasteiger partial charge in [0.15, 0.2) is 6.61 Å². The van der Waals surface area contributed by atoms with Crippen molar-refractivity contribution in [2.75, 3.05) is 6.61 Å². The Hall–Kier alpha value is -2.95. The van der Waals surface area contributed by atoms with Crippen LogP contribution in [0.5, 0.6) is 0 Å². The van der Waals surface area contributed by atoms with Crippen LogP contribution in [0.3, 0.4) is 0 Å². The molecule has 2 aromatic carbocycles. The molecule has 0 unspecified atom stereocenters. The van der Waals surface area contributed by atoms with Gasteiger partial charge in [0.2, 0.25) is 0 Å². The molecule has 1 N–H and O–H groups in total. The molecule has 0 aliphatic carbocycles. The quantitative estimate of drug-likeness (QED) is 0.775. The third-order valence-corrected chi connectivity index (χ3v) is 4.26. The van der Waals surface area contributed by atoms with Crippen LogP contribution in [-0.4, -0.2) is 24.4 Å². The molecule has 0 radical (unpaired) electrons. The average Bonchev–Trinajstić information content (AvgIpc) is 2.68. The van der Waals surface area contributed by atoms with Crippen LogP contribution in [0.15, 0.2) is 60.7 Å². The molecule has 5 nitrogen and oxygen atoms in total. The van der Waals surface area contributed by atoms with Crippen LogP contribution in [0, 0.1) is 5.92 Å². The molecule has 0 heterocycles. The SMILES string of the molecule is CC[C@@H](C)[C@@H](C(=O)OCC(=O)NC(=O)c1ccccc1)c1ccccc1. The second-order valence-electron chi connectivity index (χ2n) is 6.12. The Bertz CT molecular complexity index is 743. The summed E-state index contributed by atoms with van der Waals surface area (Å²) in [4.78, 5) is 36.4. The van der Waals surface area contributed by atoms with E-state index in [0.29, 0.717) is 5.56 Å². The van der Waals surface area contributed by atoms with Crippen molar-refractivity contribution in [1.29, 1.82) is 0 Å². The summed E-state index contributed by atoms with van der Waals surface area (Å²) in [5, 5.41) is 2.22. The van der Waals surface area contributed by atoms with Crippen LogP contribution in [0.25, 0.3) is 0 Å². The summed E-state index contributed by atoms with van der Waals surface area (Å²) >= 11 is 0. The van der Waals surface area contributed by atoms with Gasteiger partial charge in [0.1, 0.15) is 0 Å². The van der Waals surface area contributed by atoms with Crippen LogP contribution in [0.2, 0.25) is 0 Å². The summed E-state index contributed by atoms with van der Waals surface area (Å²) in [6.45, 7) is 3.48. The van der Waals surface area contributed by atoms with Crippen LogP contribution in [0.4, 0.5) is 0 Å². The molecule has 0 saturated heterocycles. The van der Waals surface area contributed by atoms with E-state index in [9.17, 15) is 14.4 Å². The molecule has 0 saturated carbocycles. The molecule has 0 aliphatic rings. The highest BCUT2D eigenvalue weighted by Gasteiger charge is 2.28. The lowest BCUT2D eigenvalue weighted by Crippen LogP contribution is -2.35. The van der Waals surface area contributed by atoms with Gasteiger partial charge < -0.3 is 4.74 Å². The van der Waals surface area contributed by atoms with Crippen LogP contribution >= 0.6 is 0 Å². The van der Waals surface area contributed by atoms with E-state index in [4.69, 9.17) is 4.74 Å². The van der Waals surface area contributed by atoms with Gasteiger partial charge in [0.25, 0.3) is 11.8 Å². The van der Waals surface area contributed by atoms with E-state index in [1.54, 1.807) is 30.3 Å². The van der Waals surface area contributed by atoms with Crippen LogP contribution in [-0.2, 0) is 14.3 Å². The number of esters is 1. The summed E-state index contributed by atoms with van der Waals surface area (Å²) in [6, 6.07) is 17.7. The number of amides is 2. The topological polar surface area (TPSA) is 72.5 Å². The second-order valence-corrected chi connectivity index (χ2v) is 6.12. The van der Waals surface area contributed by atoms with E-state index in [1.165, 1.54) is 0 Å². The zero-order valence-electron chi connectivity index (χ0n) is 15.0. The van der Waals surface area contributed by atoms with Gasteiger partial charge in [-0.1, -0.05) is 68.8 Å². The van der Waals surface area contributed by atoms with E-state index >= 15 is 0 Å². The summed E-state index contributed by atoms with van der Waals surface area (Å²) in [5.74, 6) is -2.01. The summed E-state index contributed by atoms with van der Waals surface area (Å²) in [7, 11) is 0. The monoisotopic (exact) mass is 353 g/mol. The number of carbonyl (C=O) groups is 3. The Balaban J connectivity index is 1.95. The predicted octanol–water partition coefficient (Wildman–Crippen LogP) is 3.32. The smallest absolute Gasteiger partial charge is 0.314 e. The van der Waals surface area contributed by atoms with Gasteiger partial charge >= 0.3 is 5.97 Å². The van der Waals surface area contributed by atoms with Crippen molar-refractivity contribution in [3.05, 3.63) is 71.8 Å². The fraction of sp³-hybridized carbons (Fsp3) is 0.286. The lowest BCUT2D eigenvalue weighted by molar-refractivity contribution is -0.151. The van der Waals surface area contributed by atoms with E-state index in [2.05, 4.69) is 5.32 Å². The molecule has 0 spiro atoms. The highest BCUT2D eigenvalue weighted by Crippen LogP contribution is 2.28. The fourth-order valence-corrected chi connectivity index (χ4v) is 2.64. The molecule has 0 bridgehead atoms. The standard InChI is InChI=1S/C21H23NO4/c1-3-15(2)19(16-10-6-4-7-11-16)21(25)26-14-18(23)22-20(24)17-12-8-5-9-13-17/h4-13,15,19H,3,14H2,1-2H3,(H,22,23,24)/t15-,19-/m1/s1. The van der Waals surface area contributed by atoms with Crippen molar-refractivity contribution in [2.45, 2.75) is 26.2 Å². The lowest BCUT2D eigenvalue weighted by atomic mass is 9.86. The van der Waals surface area contributed by atoms with E-state index in [-0.39, 0.29) is 5.92 Å². The Morgan fingerprint density at radius 3 is 2.12 bits per heavy atom. The highest BCUT2D eigenvalue weighted by molar-refractivity contribution is 6.05. The van der Waals surface area contributed by atoms with Crippen molar-refractivity contribution in [1.82, 2.24) is 5.32 Å². The van der Waals surface area contributed by atoms with Crippen molar-refractivity contribution in [2.24, 2.45) is 5.92 Å². The van der Waals surface area contributed by atoms with E-state index < -0.39 is 30.3 Å². The molecule has 2 rings (SSSR count). The van der Waals surface area contributed by atoms with Gasteiger partial charge in [-0.3, -0.25) is 19.7 Å². The molecule has 2 amide bonds. The summed E-state index contributed by atoms with van der Waals surface area (Å²) in [5.41, 5.74) is 1.22. The Morgan fingerprint density at radius 2 is 1.54 bits per heavy atom. The van der Waals surface area contributed by atoms with Gasteiger partial charge in [0, 0.05) is 5.56 Å². The van der Waals surface area contributed by atoms with Gasteiger partial charge in [-0.2, -0.15) is 0 Å². The second kappa shape index (κ2) is 9.51. The maximum atomic E-state index is 12.5.